The smallest absolute Gasteiger partial charge is 0.409 e. The summed E-state index contributed by atoms with van der Waals surface area (Å²) >= 11 is 0. The van der Waals surface area contributed by atoms with E-state index in [1.54, 1.807) is 11.6 Å². The second-order valence-electron chi connectivity index (χ2n) is 6.38. The molecule has 1 amide bonds. The molecule has 10 nitrogen and oxygen atoms in total. The lowest BCUT2D eigenvalue weighted by Gasteiger charge is -2.26. The highest BCUT2D eigenvalue weighted by Crippen LogP contribution is 2.16. The number of nitrogen functional groups attached to an aromatic ring is 1. The molecule has 2 aromatic heterocycles. The van der Waals surface area contributed by atoms with Crippen molar-refractivity contribution in [3.05, 3.63) is 24.2 Å². The van der Waals surface area contributed by atoms with Crippen molar-refractivity contribution in [2.45, 2.75) is 18.9 Å². The van der Waals surface area contributed by atoms with Crippen LogP contribution in [-0.2, 0) is 25.7 Å². The largest absolute Gasteiger partial charge is 0.447 e. The Balaban J connectivity index is 1.50. The van der Waals surface area contributed by atoms with Crippen LogP contribution in [0.5, 0.6) is 0 Å². The van der Waals surface area contributed by atoms with Crippen molar-refractivity contribution in [1.29, 1.82) is 0 Å². The zero-order valence-electron chi connectivity index (χ0n) is 15.1. The van der Waals surface area contributed by atoms with Crippen molar-refractivity contribution < 1.29 is 22.7 Å². The van der Waals surface area contributed by atoms with E-state index in [1.165, 1.54) is 11.2 Å². The van der Waals surface area contributed by atoms with Crippen molar-refractivity contribution in [3.63, 3.8) is 0 Å². The van der Waals surface area contributed by atoms with Crippen molar-refractivity contribution in [2.24, 2.45) is 0 Å². The molecule has 2 N–H and O–H groups in total. The molecule has 27 heavy (non-hydrogen) atoms. The zero-order chi connectivity index (χ0) is 19.4. The molecule has 0 bridgehead atoms. The summed E-state index contributed by atoms with van der Waals surface area (Å²) in [7, 11) is -1.48. The maximum Gasteiger partial charge on any atom is 0.409 e. The van der Waals surface area contributed by atoms with Crippen LogP contribution < -0.4 is 5.73 Å². The van der Waals surface area contributed by atoms with E-state index in [0.29, 0.717) is 18.7 Å². The number of nitrogens with zero attached hydrogens (tertiary/aromatic N) is 4. The Labute approximate surface area is 157 Å². The predicted molar refractivity (Wildman–Crippen MR) is 98.1 cm³/mol. The van der Waals surface area contributed by atoms with Crippen LogP contribution in [0, 0.1) is 0 Å². The van der Waals surface area contributed by atoms with E-state index < -0.39 is 15.9 Å². The first-order valence-corrected chi connectivity index (χ1v) is 10.4. The van der Waals surface area contributed by atoms with Gasteiger partial charge in [0.1, 0.15) is 18.5 Å². The molecular weight excluding hydrogens is 374 g/mol. The average molecular weight is 397 g/mol. The number of sulfone groups is 1. The maximum absolute atomic E-state index is 12.1. The molecule has 0 saturated carbocycles. The Hall–Kier alpha value is -2.40. The fourth-order valence-electron chi connectivity index (χ4n) is 2.92. The predicted octanol–water partition coefficient (Wildman–Crippen LogP) is 0.126. The third-order valence-corrected chi connectivity index (χ3v) is 6.22. The third kappa shape index (κ3) is 4.66. The molecule has 1 saturated heterocycles. The van der Waals surface area contributed by atoms with Crippen LogP contribution in [-0.4, -0.2) is 78.4 Å². The Morgan fingerprint density at radius 1 is 1.33 bits per heavy atom. The van der Waals surface area contributed by atoms with Crippen molar-refractivity contribution in [2.75, 3.05) is 44.0 Å². The zero-order valence-corrected chi connectivity index (χ0v) is 15.9. The normalized spacial score (nSPS) is 17.7. The highest BCUT2D eigenvalue weighted by molar-refractivity contribution is 7.91. The van der Waals surface area contributed by atoms with Crippen LogP contribution in [0.4, 0.5) is 10.6 Å². The van der Waals surface area contributed by atoms with Crippen molar-refractivity contribution >= 4 is 27.3 Å². The number of hydrogen-bond acceptors (Lipinski definition) is 8. The molecule has 3 heterocycles. The lowest BCUT2D eigenvalue weighted by atomic mass is 10.1. The molecule has 1 aliphatic heterocycles. The Morgan fingerprint density at radius 2 is 2.07 bits per heavy atom. The van der Waals surface area contributed by atoms with E-state index in [2.05, 4.69) is 10.1 Å². The van der Waals surface area contributed by atoms with Crippen LogP contribution in [0.25, 0.3) is 5.52 Å². The monoisotopic (exact) mass is 397 g/mol. The van der Waals surface area contributed by atoms with Gasteiger partial charge in [0.2, 0.25) is 0 Å². The van der Waals surface area contributed by atoms with E-state index in [4.69, 9.17) is 15.2 Å². The van der Waals surface area contributed by atoms with Gasteiger partial charge >= 0.3 is 6.09 Å². The first kappa shape index (κ1) is 19.4. The molecule has 0 aliphatic carbocycles. The molecular formula is C16H23N5O5S. The molecule has 0 radical (unpaired) electrons. The van der Waals surface area contributed by atoms with Gasteiger partial charge < -0.3 is 20.1 Å². The van der Waals surface area contributed by atoms with Gasteiger partial charge in [0.05, 0.1) is 17.6 Å². The summed E-state index contributed by atoms with van der Waals surface area (Å²) in [5.74, 6) is 0.362. The number of rotatable bonds is 6. The number of anilines is 1. The standard InChI is InChI=1S/C16H23N5O5S/c1-25-13(10-26-16(22)20-6-8-27(23,24)9-7-20)4-2-12-3-5-14-15(17)18-11-19-21(12)14/h3,5,11,13H,2,4,6-10H2,1H3,(H2,17,18,19). The van der Waals surface area contributed by atoms with Gasteiger partial charge in [-0.05, 0) is 25.0 Å². The van der Waals surface area contributed by atoms with Gasteiger partial charge in [-0.2, -0.15) is 5.10 Å². The van der Waals surface area contributed by atoms with E-state index in [0.717, 1.165) is 11.2 Å². The minimum Gasteiger partial charge on any atom is -0.447 e. The molecule has 11 heteroatoms. The fourth-order valence-corrected chi connectivity index (χ4v) is 4.13. The quantitative estimate of drug-likeness (QED) is 0.728. The second-order valence-corrected chi connectivity index (χ2v) is 8.68. The van der Waals surface area contributed by atoms with Gasteiger partial charge in [0.25, 0.3) is 0 Å². The van der Waals surface area contributed by atoms with Crippen LogP contribution in [0.3, 0.4) is 0 Å². The first-order valence-electron chi connectivity index (χ1n) is 8.61. The molecule has 0 spiro atoms. The summed E-state index contributed by atoms with van der Waals surface area (Å²) in [5, 5.41) is 4.20. The minimum absolute atomic E-state index is 0.0257. The van der Waals surface area contributed by atoms with Crippen LogP contribution in [0.15, 0.2) is 18.5 Å². The summed E-state index contributed by atoms with van der Waals surface area (Å²) in [6.45, 7) is 0.422. The van der Waals surface area contributed by atoms with Crippen molar-refractivity contribution in [3.8, 4) is 0 Å². The van der Waals surface area contributed by atoms with Crippen LogP contribution >= 0.6 is 0 Å². The van der Waals surface area contributed by atoms with Crippen LogP contribution in [0.1, 0.15) is 12.1 Å². The second kappa shape index (κ2) is 8.09. The number of carbonyl (C=O) groups is 1. The lowest BCUT2D eigenvalue weighted by molar-refractivity contribution is 0.0192. The van der Waals surface area contributed by atoms with Gasteiger partial charge in [0, 0.05) is 25.9 Å². The third-order valence-electron chi connectivity index (χ3n) is 4.61. The van der Waals surface area contributed by atoms with E-state index in [-0.39, 0.29) is 37.3 Å². The summed E-state index contributed by atoms with van der Waals surface area (Å²) in [6.07, 6.45) is 1.88. The fraction of sp³-hybridized carbons (Fsp3) is 0.562. The topological polar surface area (TPSA) is 129 Å². The Morgan fingerprint density at radius 3 is 2.78 bits per heavy atom. The molecule has 0 aromatic carbocycles. The number of aryl methyl sites for hydroxylation is 1. The molecule has 1 aliphatic rings. The highest BCUT2D eigenvalue weighted by Gasteiger charge is 2.26. The molecule has 2 aromatic rings. The molecule has 1 atom stereocenters. The summed E-state index contributed by atoms with van der Waals surface area (Å²) in [6, 6.07) is 3.78. The highest BCUT2D eigenvalue weighted by atomic mass is 32.2. The van der Waals surface area contributed by atoms with Gasteiger partial charge in [-0.25, -0.2) is 22.7 Å². The SMILES string of the molecule is COC(CCc1ccc2c(N)ncnn12)COC(=O)N1CCS(=O)(=O)CC1. The number of carbonyl (C=O) groups excluding carboxylic acids is 1. The van der Waals surface area contributed by atoms with Gasteiger partial charge in [-0.15, -0.1) is 0 Å². The van der Waals surface area contributed by atoms with E-state index in [1.807, 2.05) is 12.1 Å². The van der Waals surface area contributed by atoms with Gasteiger partial charge in [-0.3, -0.25) is 0 Å². The summed E-state index contributed by atoms with van der Waals surface area (Å²) in [4.78, 5) is 17.5. The van der Waals surface area contributed by atoms with E-state index in [9.17, 15) is 13.2 Å². The average Bonchev–Trinajstić information content (AvgIpc) is 3.06. The number of amides is 1. The van der Waals surface area contributed by atoms with Crippen LogP contribution in [0.2, 0.25) is 0 Å². The molecule has 148 valence electrons. The van der Waals surface area contributed by atoms with Gasteiger partial charge in [0.15, 0.2) is 15.7 Å². The maximum atomic E-state index is 12.1. The molecule has 1 fully saturated rings. The van der Waals surface area contributed by atoms with E-state index >= 15 is 0 Å². The van der Waals surface area contributed by atoms with Crippen molar-refractivity contribution in [1.82, 2.24) is 19.5 Å². The van der Waals surface area contributed by atoms with Gasteiger partial charge in [-0.1, -0.05) is 0 Å². The Kier molecular flexibility index (Phi) is 5.80. The molecule has 1 unspecified atom stereocenters. The first-order chi connectivity index (χ1) is 12.9. The summed E-state index contributed by atoms with van der Waals surface area (Å²) in [5.41, 5.74) is 7.52. The number of hydrogen-bond donors (Lipinski definition) is 1. The number of methoxy groups -OCH3 is 1. The summed E-state index contributed by atoms with van der Waals surface area (Å²) < 4.78 is 35.3. The number of ether oxygens (including phenoxy) is 2. The number of fused-ring (bicyclic) bond motifs is 1. The number of nitrogens with two attached hydrogens (primary N) is 1. The number of aromatic nitrogens is 3. The Bertz CT molecular complexity index is 899. The molecule has 3 rings (SSSR count). The lowest BCUT2D eigenvalue weighted by Crippen LogP contribution is -2.44. The minimum atomic E-state index is -3.04.